The first-order valence-corrected chi connectivity index (χ1v) is 16.3. The molecule has 2 aromatic rings. The van der Waals surface area contributed by atoms with E-state index in [4.69, 9.17) is 5.73 Å². The van der Waals surface area contributed by atoms with Gasteiger partial charge in [0.1, 0.15) is 30.2 Å². The van der Waals surface area contributed by atoms with Gasteiger partial charge in [0.2, 0.25) is 35.4 Å². The molecular formula is C35H46N6O8. The summed E-state index contributed by atoms with van der Waals surface area (Å²) in [6, 6.07) is 11.9. The van der Waals surface area contributed by atoms with Crippen molar-refractivity contribution in [3.8, 4) is 0 Å². The fraction of sp³-hybridized carbons (Fsp3) is 0.457. The second kappa shape index (κ2) is 18.3. The molecule has 0 radical (unpaired) electrons. The van der Waals surface area contributed by atoms with Crippen LogP contribution in [0.25, 0.3) is 0 Å². The maximum absolute atomic E-state index is 13.9. The number of nitrogens with two attached hydrogens (primary N) is 1. The molecule has 7 N–H and O–H groups in total. The maximum Gasteiger partial charge on any atom is 0.305 e. The first-order chi connectivity index (χ1) is 23.2. The molecule has 1 aliphatic rings. The van der Waals surface area contributed by atoms with Crippen LogP contribution in [0.4, 0.5) is 0 Å². The van der Waals surface area contributed by atoms with Crippen molar-refractivity contribution in [2.24, 2.45) is 11.7 Å². The van der Waals surface area contributed by atoms with Crippen molar-refractivity contribution in [3.05, 3.63) is 71.8 Å². The number of carboxylic acids is 1. The molecule has 14 nitrogen and oxygen atoms in total. The third-order valence-electron chi connectivity index (χ3n) is 8.09. The zero-order valence-electron chi connectivity index (χ0n) is 28.0. The first kappa shape index (κ1) is 38.2. The van der Waals surface area contributed by atoms with Gasteiger partial charge in [-0.25, -0.2) is 0 Å². The van der Waals surface area contributed by atoms with E-state index >= 15 is 0 Å². The van der Waals surface area contributed by atoms with E-state index < -0.39 is 66.2 Å². The Morgan fingerprint density at radius 2 is 1.29 bits per heavy atom. The predicted molar refractivity (Wildman–Crippen MR) is 179 cm³/mol. The Morgan fingerprint density at radius 1 is 0.776 bits per heavy atom. The number of benzene rings is 2. The van der Waals surface area contributed by atoms with E-state index in [2.05, 4.69) is 21.3 Å². The molecule has 264 valence electrons. The smallest absolute Gasteiger partial charge is 0.305 e. The molecule has 6 amide bonds. The van der Waals surface area contributed by atoms with Crippen molar-refractivity contribution < 1.29 is 38.7 Å². The lowest BCUT2D eigenvalue weighted by Gasteiger charge is -2.30. The lowest BCUT2D eigenvalue weighted by Crippen LogP contribution is -2.59. The van der Waals surface area contributed by atoms with E-state index in [1.54, 1.807) is 60.7 Å². The Balaban J connectivity index is 1.87. The van der Waals surface area contributed by atoms with Crippen molar-refractivity contribution in [2.45, 2.75) is 89.5 Å². The van der Waals surface area contributed by atoms with Gasteiger partial charge in [-0.15, -0.1) is 0 Å². The largest absolute Gasteiger partial charge is 0.481 e. The number of nitrogens with zero attached hydrogens (tertiary/aromatic N) is 1. The molecule has 1 heterocycles. The average Bonchev–Trinajstić information content (AvgIpc) is 3.54. The number of carboxylic acid groups (broad SMARTS) is 1. The molecule has 0 bridgehead atoms. The highest BCUT2D eigenvalue weighted by atomic mass is 16.4. The zero-order valence-corrected chi connectivity index (χ0v) is 28.0. The minimum atomic E-state index is -1.53. The summed E-state index contributed by atoms with van der Waals surface area (Å²) in [7, 11) is 0. The number of hydrogen-bond donors (Lipinski definition) is 6. The van der Waals surface area contributed by atoms with Crippen LogP contribution >= 0.6 is 0 Å². The second-order valence-electron chi connectivity index (χ2n) is 12.6. The summed E-state index contributed by atoms with van der Waals surface area (Å²) >= 11 is 0. The summed E-state index contributed by atoms with van der Waals surface area (Å²) in [5.41, 5.74) is 6.71. The van der Waals surface area contributed by atoms with Gasteiger partial charge in [-0.3, -0.25) is 33.6 Å². The Labute approximate surface area is 285 Å². The van der Waals surface area contributed by atoms with E-state index in [1.165, 1.54) is 11.8 Å². The van der Waals surface area contributed by atoms with Crippen molar-refractivity contribution in [2.75, 3.05) is 6.54 Å². The standard InChI is InChI=1S/C35H46N6O8/c1-21(2)17-28(37-22(3)42)35(49)41-16-10-15-29(41)34(48)40-27(19-24-13-8-5-9-14-24)33(47)39-26(18-23-11-6-4-7-12-23)32(46)38-25(31(36)45)20-30(43)44/h4-9,11-14,21,25-29H,10,15-20H2,1-3H3,(H2,36,45)(H,37,42)(H,38,46)(H,39,47)(H,40,48)(H,43,44)/t25-,26+,27+,28+,29+/m1/s1. The number of primary amides is 1. The molecule has 0 aromatic heterocycles. The number of rotatable bonds is 17. The SMILES string of the molecule is CC(=O)N[C@@H](CC(C)C)C(=O)N1CCC[C@H]1C(=O)N[C@@H](Cc1ccccc1)C(=O)N[C@@H](Cc1ccccc1)C(=O)N[C@H](CC(=O)O)C(N)=O. The van der Waals surface area contributed by atoms with Gasteiger partial charge in [0.15, 0.2) is 0 Å². The molecule has 2 aromatic carbocycles. The van der Waals surface area contributed by atoms with Crippen LogP contribution in [0.2, 0.25) is 0 Å². The van der Waals surface area contributed by atoms with Gasteiger partial charge >= 0.3 is 5.97 Å². The van der Waals surface area contributed by atoms with Crippen LogP contribution in [0.3, 0.4) is 0 Å². The van der Waals surface area contributed by atoms with Crippen LogP contribution in [-0.2, 0) is 46.4 Å². The van der Waals surface area contributed by atoms with Gasteiger partial charge in [-0.05, 0) is 36.3 Å². The molecule has 14 heteroatoms. The molecule has 1 aliphatic heterocycles. The molecule has 1 fully saturated rings. The highest BCUT2D eigenvalue weighted by molar-refractivity contribution is 5.97. The van der Waals surface area contributed by atoms with Crippen LogP contribution in [0.1, 0.15) is 57.6 Å². The second-order valence-corrected chi connectivity index (χ2v) is 12.6. The number of nitrogens with one attached hydrogen (secondary N) is 4. The number of amides is 6. The summed E-state index contributed by atoms with van der Waals surface area (Å²) in [4.78, 5) is 91.3. The number of hydrogen-bond acceptors (Lipinski definition) is 7. The van der Waals surface area contributed by atoms with Gasteiger partial charge in [-0.1, -0.05) is 74.5 Å². The number of aliphatic carboxylic acids is 1. The van der Waals surface area contributed by atoms with Gasteiger partial charge < -0.3 is 37.0 Å². The van der Waals surface area contributed by atoms with E-state index in [0.29, 0.717) is 36.9 Å². The van der Waals surface area contributed by atoms with E-state index in [9.17, 15) is 38.7 Å². The third kappa shape index (κ3) is 12.0. The summed E-state index contributed by atoms with van der Waals surface area (Å²) in [5.74, 6) is -5.17. The third-order valence-corrected chi connectivity index (χ3v) is 8.09. The Kier molecular flexibility index (Phi) is 14.3. The quantitative estimate of drug-likeness (QED) is 0.138. The molecule has 1 saturated heterocycles. The van der Waals surface area contributed by atoms with Crippen LogP contribution in [-0.4, -0.2) is 88.2 Å². The zero-order chi connectivity index (χ0) is 36.1. The normalized spacial score (nSPS) is 16.5. The van der Waals surface area contributed by atoms with E-state index in [-0.39, 0.29) is 30.6 Å². The molecule has 3 rings (SSSR count). The molecule has 49 heavy (non-hydrogen) atoms. The average molecular weight is 679 g/mol. The van der Waals surface area contributed by atoms with E-state index in [1.807, 2.05) is 13.8 Å². The van der Waals surface area contributed by atoms with Gasteiger partial charge in [0.05, 0.1) is 6.42 Å². The Hall–Kier alpha value is -5.27. The van der Waals surface area contributed by atoms with Crippen molar-refractivity contribution in [1.82, 2.24) is 26.2 Å². The lowest BCUT2D eigenvalue weighted by molar-refractivity contribution is -0.142. The van der Waals surface area contributed by atoms with Gasteiger partial charge in [-0.2, -0.15) is 0 Å². The minimum Gasteiger partial charge on any atom is -0.481 e. The van der Waals surface area contributed by atoms with Crippen LogP contribution < -0.4 is 27.0 Å². The molecule has 0 saturated carbocycles. The van der Waals surface area contributed by atoms with Crippen molar-refractivity contribution >= 4 is 41.4 Å². The first-order valence-electron chi connectivity index (χ1n) is 16.3. The fourth-order valence-corrected chi connectivity index (χ4v) is 5.77. The van der Waals surface area contributed by atoms with Crippen molar-refractivity contribution in [1.29, 1.82) is 0 Å². The van der Waals surface area contributed by atoms with E-state index in [0.717, 1.165) is 0 Å². The summed E-state index contributed by atoms with van der Waals surface area (Å²) < 4.78 is 0. The fourth-order valence-electron chi connectivity index (χ4n) is 5.77. The Morgan fingerprint density at radius 3 is 1.76 bits per heavy atom. The summed E-state index contributed by atoms with van der Waals surface area (Å²) in [5, 5.41) is 19.7. The highest BCUT2D eigenvalue weighted by Gasteiger charge is 2.39. The van der Waals surface area contributed by atoms with Crippen molar-refractivity contribution in [3.63, 3.8) is 0 Å². The number of likely N-dealkylation sites (tertiary alicyclic amines) is 1. The van der Waals surface area contributed by atoms with Gasteiger partial charge in [0.25, 0.3) is 0 Å². The van der Waals surface area contributed by atoms with Crippen LogP contribution in [0, 0.1) is 5.92 Å². The molecule has 0 unspecified atom stereocenters. The van der Waals surface area contributed by atoms with Crippen LogP contribution in [0.15, 0.2) is 60.7 Å². The lowest BCUT2D eigenvalue weighted by atomic mass is 10.0. The topological polar surface area (TPSA) is 217 Å². The minimum absolute atomic E-state index is 0.0196. The monoisotopic (exact) mass is 678 g/mol. The van der Waals surface area contributed by atoms with Crippen LogP contribution in [0.5, 0.6) is 0 Å². The Bertz CT molecular complexity index is 1490. The summed E-state index contributed by atoms with van der Waals surface area (Å²) in [6.45, 7) is 5.48. The number of carbonyl (C=O) groups is 7. The maximum atomic E-state index is 13.9. The number of carbonyl (C=O) groups excluding carboxylic acids is 6. The summed E-state index contributed by atoms with van der Waals surface area (Å²) in [6.07, 6.45) is 0.553. The van der Waals surface area contributed by atoms with Gasteiger partial charge in [0, 0.05) is 26.3 Å². The molecule has 5 atom stereocenters. The molecule has 0 spiro atoms. The molecular weight excluding hydrogens is 632 g/mol. The predicted octanol–water partition coefficient (Wildman–Crippen LogP) is 0.428. The highest BCUT2D eigenvalue weighted by Crippen LogP contribution is 2.21. The molecule has 0 aliphatic carbocycles.